The molecular formula is C13H9F2NO3. The first-order valence-electron chi connectivity index (χ1n) is 5.36. The highest BCUT2D eigenvalue weighted by molar-refractivity contribution is 5.85. The summed E-state index contributed by atoms with van der Waals surface area (Å²) in [4.78, 5) is 22.6. The Morgan fingerprint density at radius 3 is 2.63 bits per heavy atom. The minimum atomic E-state index is -1.31. The number of hydrogen-bond donors (Lipinski definition) is 1. The first-order chi connectivity index (χ1) is 8.99. The zero-order valence-corrected chi connectivity index (χ0v) is 9.64. The maximum absolute atomic E-state index is 13.5. The topological polar surface area (TPSA) is 59.3 Å². The Labute approximate surface area is 106 Å². The zero-order chi connectivity index (χ0) is 14.0. The van der Waals surface area contributed by atoms with Crippen LogP contribution in [-0.4, -0.2) is 15.6 Å². The highest BCUT2D eigenvalue weighted by Gasteiger charge is 2.13. The van der Waals surface area contributed by atoms with E-state index in [1.807, 2.05) is 0 Å². The molecule has 0 bridgehead atoms. The summed E-state index contributed by atoms with van der Waals surface area (Å²) in [6, 6.07) is 6.49. The highest BCUT2D eigenvalue weighted by Crippen LogP contribution is 2.11. The summed E-state index contributed by atoms with van der Waals surface area (Å²) in [7, 11) is 0. The third kappa shape index (κ3) is 2.67. The quantitative estimate of drug-likeness (QED) is 0.921. The van der Waals surface area contributed by atoms with E-state index in [0.717, 1.165) is 28.8 Å². The van der Waals surface area contributed by atoms with Crippen molar-refractivity contribution in [1.29, 1.82) is 0 Å². The van der Waals surface area contributed by atoms with Crippen LogP contribution in [0, 0.1) is 11.6 Å². The van der Waals surface area contributed by atoms with E-state index in [1.165, 1.54) is 12.1 Å². The molecule has 0 aliphatic carbocycles. The fraction of sp³-hybridized carbons (Fsp3) is 0.0769. The molecule has 4 nitrogen and oxygen atoms in total. The van der Waals surface area contributed by atoms with Crippen molar-refractivity contribution >= 4 is 5.97 Å². The molecule has 1 aromatic carbocycles. The van der Waals surface area contributed by atoms with Gasteiger partial charge in [-0.05, 0) is 24.3 Å². The number of carbonyl (C=O) groups is 1. The third-order valence-corrected chi connectivity index (χ3v) is 2.61. The second-order valence-electron chi connectivity index (χ2n) is 3.88. The van der Waals surface area contributed by atoms with Crippen molar-refractivity contribution in [2.75, 3.05) is 0 Å². The van der Waals surface area contributed by atoms with Crippen molar-refractivity contribution in [3.05, 3.63) is 69.6 Å². The van der Waals surface area contributed by atoms with Gasteiger partial charge in [0.05, 0.1) is 6.54 Å². The van der Waals surface area contributed by atoms with Gasteiger partial charge in [-0.1, -0.05) is 6.07 Å². The van der Waals surface area contributed by atoms with Gasteiger partial charge in [-0.3, -0.25) is 9.36 Å². The number of nitrogens with zero attached hydrogens (tertiary/aromatic N) is 1. The molecule has 19 heavy (non-hydrogen) atoms. The number of hydrogen-bond acceptors (Lipinski definition) is 2. The van der Waals surface area contributed by atoms with Gasteiger partial charge in [0.15, 0.2) is 0 Å². The lowest BCUT2D eigenvalue weighted by Gasteiger charge is -2.10. The van der Waals surface area contributed by atoms with Gasteiger partial charge in [-0.25, -0.2) is 13.6 Å². The van der Waals surface area contributed by atoms with E-state index >= 15 is 0 Å². The average Bonchev–Trinajstić information content (AvgIpc) is 2.35. The predicted molar refractivity (Wildman–Crippen MR) is 63.1 cm³/mol. The second kappa shape index (κ2) is 5.01. The van der Waals surface area contributed by atoms with Gasteiger partial charge in [0, 0.05) is 11.6 Å². The van der Waals surface area contributed by atoms with E-state index in [9.17, 15) is 18.4 Å². The van der Waals surface area contributed by atoms with Gasteiger partial charge < -0.3 is 5.11 Å². The summed E-state index contributed by atoms with van der Waals surface area (Å²) in [6.07, 6.45) is 0. The molecule has 6 heteroatoms. The Balaban J connectivity index is 2.52. The van der Waals surface area contributed by atoms with Gasteiger partial charge in [-0.15, -0.1) is 0 Å². The number of aromatic carboxylic acids is 1. The van der Waals surface area contributed by atoms with Crippen LogP contribution in [0.25, 0.3) is 0 Å². The van der Waals surface area contributed by atoms with E-state index in [1.54, 1.807) is 0 Å². The number of aromatic nitrogens is 1. The molecule has 2 rings (SSSR count). The van der Waals surface area contributed by atoms with E-state index in [2.05, 4.69) is 0 Å². The summed E-state index contributed by atoms with van der Waals surface area (Å²) in [5.41, 5.74) is -0.962. The van der Waals surface area contributed by atoms with Crippen LogP contribution in [0.15, 0.2) is 41.2 Å². The molecule has 1 heterocycles. The molecule has 0 unspecified atom stereocenters. The van der Waals surface area contributed by atoms with Crippen LogP contribution in [-0.2, 0) is 6.54 Å². The fourth-order valence-corrected chi connectivity index (χ4v) is 1.70. The molecular weight excluding hydrogens is 256 g/mol. The number of carboxylic acid groups (broad SMARTS) is 1. The van der Waals surface area contributed by atoms with Gasteiger partial charge in [0.1, 0.15) is 17.3 Å². The summed E-state index contributed by atoms with van der Waals surface area (Å²) in [5, 5.41) is 8.96. The van der Waals surface area contributed by atoms with Crippen molar-refractivity contribution in [2.45, 2.75) is 6.54 Å². The Morgan fingerprint density at radius 2 is 1.95 bits per heavy atom. The Morgan fingerprint density at radius 1 is 1.21 bits per heavy atom. The van der Waals surface area contributed by atoms with Gasteiger partial charge in [0.25, 0.3) is 5.56 Å². The second-order valence-corrected chi connectivity index (χ2v) is 3.88. The standard InChI is InChI=1S/C13H9F2NO3/c14-9-4-5-10(15)8(6-9)7-16-11(13(18)19)2-1-3-12(16)17/h1-6H,7H2,(H,18,19). The molecule has 0 saturated heterocycles. The van der Waals surface area contributed by atoms with Crippen LogP contribution < -0.4 is 5.56 Å². The lowest BCUT2D eigenvalue weighted by molar-refractivity contribution is 0.0684. The first kappa shape index (κ1) is 12.9. The van der Waals surface area contributed by atoms with Crippen LogP contribution in [0.4, 0.5) is 8.78 Å². The van der Waals surface area contributed by atoms with Crippen molar-refractivity contribution in [3.63, 3.8) is 0 Å². The molecule has 98 valence electrons. The molecule has 0 aliphatic rings. The highest BCUT2D eigenvalue weighted by atomic mass is 19.1. The minimum Gasteiger partial charge on any atom is -0.477 e. The summed E-state index contributed by atoms with van der Waals surface area (Å²) in [6.45, 7) is -0.342. The van der Waals surface area contributed by atoms with Crippen LogP contribution in [0.5, 0.6) is 0 Å². The monoisotopic (exact) mass is 265 g/mol. The van der Waals surface area contributed by atoms with Gasteiger partial charge in [-0.2, -0.15) is 0 Å². The molecule has 0 spiro atoms. The predicted octanol–water partition coefficient (Wildman–Crippen LogP) is 1.87. The smallest absolute Gasteiger partial charge is 0.352 e. The van der Waals surface area contributed by atoms with Crippen LogP contribution >= 0.6 is 0 Å². The number of benzene rings is 1. The number of pyridine rings is 1. The first-order valence-corrected chi connectivity index (χ1v) is 5.36. The van der Waals surface area contributed by atoms with Crippen LogP contribution in [0.2, 0.25) is 0 Å². The Kier molecular flexibility index (Phi) is 3.41. The van der Waals surface area contributed by atoms with Crippen molar-refractivity contribution < 1.29 is 18.7 Å². The molecule has 0 saturated carbocycles. The molecule has 0 radical (unpaired) electrons. The lowest BCUT2D eigenvalue weighted by atomic mass is 10.2. The van der Waals surface area contributed by atoms with E-state index in [0.29, 0.717) is 0 Å². The molecule has 1 N–H and O–H groups in total. The van der Waals surface area contributed by atoms with Crippen molar-refractivity contribution in [2.24, 2.45) is 0 Å². The van der Waals surface area contributed by atoms with E-state index in [-0.39, 0.29) is 17.8 Å². The third-order valence-electron chi connectivity index (χ3n) is 2.61. The maximum Gasteiger partial charge on any atom is 0.352 e. The van der Waals surface area contributed by atoms with E-state index in [4.69, 9.17) is 5.11 Å². The summed E-state index contributed by atoms with van der Waals surface area (Å²) >= 11 is 0. The van der Waals surface area contributed by atoms with Gasteiger partial charge >= 0.3 is 5.97 Å². The average molecular weight is 265 g/mol. The number of carboxylic acids is 1. The normalized spacial score (nSPS) is 10.4. The fourth-order valence-electron chi connectivity index (χ4n) is 1.70. The lowest BCUT2D eigenvalue weighted by Crippen LogP contribution is -2.25. The molecule has 0 fully saturated rings. The maximum atomic E-state index is 13.5. The largest absolute Gasteiger partial charge is 0.477 e. The van der Waals surface area contributed by atoms with Crippen molar-refractivity contribution in [3.8, 4) is 0 Å². The molecule has 1 aromatic heterocycles. The van der Waals surface area contributed by atoms with Crippen LogP contribution in [0.3, 0.4) is 0 Å². The van der Waals surface area contributed by atoms with Gasteiger partial charge in [0.2, 0.25) is 0 Å². The molecule has 0 aliphatic heterocycles. The number of halogens is 2. The van der Waals surface area contributed by atoms with Crippen molar-refractivity contribution in [1.82, 2.24) is 4.57 Å². The molecule has 2 aromatic rings. The molecule has 0 amide bonds. The van der Waals surface area contributed by atoms with E-state index < -0.39 is 23.2 Å². The number of rotatable bonds is 3. The van der Waals surface area contributed by atoms with Crippen LogP contribution in [0.1, 0.15) is 16.1 Å². The Bertz CT molecular complexity index is 695. The zero-order valence-electron chi connectivity index (χ0n) is 9.64. The summed E-state index contributed by atoms with van der Waals surface area (Å²) < 4.78 is 27.4. The SMILES string of the molecule is O=C(O)c1cccc(=O)n1Cc1cc(F)ccc1F. The minimum absolute atomic E-state index is 0.0872. The Hall–Kier alpha value is -2.50. The summed E-state index contributed by atoms with van der Waals surface area (Å²) in [5.74, 6) is -2.67. The molecule has 0 atom stereocenters.